The van der Waals surface area contributed by atoms with E-state index in [1.165, 1.54) is 0 Å². The zero-order chi connectivity index (χ0) is 15.2. The largest absolute Gasteiger partial charge is 0.493 e. The molecule has 6 heteroatoms. The maximum Gasteiger partial charge on any atom is 0.224 e. The lowest BCUT2D eigenvalue weighted by Gasteiger charge is -2.15. The fourth-order valence-corrected chi connectivity index (χ4v) is 2.81. The number of carbonyl (C=O) groups excluding carboxylic acids is 1. The Morgan fingerprint density at radius 2 is 2.00 bits per heavy atom. The summed E-state index contributed by atoms with van der Waals surface area (Å²) in [7, 11) is 3.23. The van der Waals surface area contributed by atoms with Gasteiger partial charge in [0.05, 0.1) is 20.1 Å². The van der Waals surface area contributed by atoms with E-state index in [0.717, 1.165) is 31.2 Å². The van der Waals surface area contributed by atoms with E-state index in [9.17, 15) is 4.79 Å². The number of amides is 1. The lowest BCUT2D eigenvalue weighted by molar-refractivity contribution is -0.125. The lowest BCUT2D eigenvalue weighted by atomic mass is 10.0. The highest BCUT2D eigenvalue weighted by Crippen LogP contribution is 2.27. The molecule has 1 aliphatic carbocycles. The van der Waals surface area contributed by atoms with Crippen molar-refractivity contribution < 1.29 is 14.3 Å². The number of benzene rings is 1. The van der Waals surface area contributed by atoms with Crippen molar-refractivity contribution in [3.05, 3.63) is 23.8 Å². The maximum atomic E-state index is 12.0. The molecule has 124 valence electrons. The molecular weight excluding hydrogens is 304 g/mol. The number of methoxy groups -OCH3 is 2. The van der Waals surface area contributed by atoms with Crippen LogP contribution in [-0.2, 0) is 11.2 Å². The van der Waals surface area contributed by atoms with Crippen molar-refractivity contribution in [1.82, 2.24) is 5.32 Å². The number of nitrogens with two attached hydrogens (primary N) is 1. The Bertz CT molecular complexity index is 496. The number of carbonyl (C=O) groups is 1. The van der Waals surface area contributed by atoms with Crippen molar-refractivity contribution in [2.45, 2.75) is 31.7 Å². The molecule has 22 heavy (non-hydrogen) atoms. The summed E-state index contributed by atoms with van der Waals surface area (Å²) in [5.41, 5.74) is 7.04. The van der Waals surface area contributed by atoms with E-state index >= 15 is 0 Å². The molecule has 1 saturated carbocycles. The molecule has 1 aromatic carbocycles. The summed E-state index contributed by atoms with van der Waals surface area (Å²) in [4.78, 5) is 12.0. The summed E-state index contributed by atoms with van der Waals surface area (Å²) in [6.45, 7) is 0.609. The molecule has 0 spiro atoms. The fourth-order valence-electron chi connectivity index (χ4n) is 2.81. The van der Waals surface area contributed by atoms with Gasteiger partial charge in [-0.2, -0.15) is 0 Å². The molecule has 2 rings (SSSR count). The summed E-state index contributed by atoms with van der Waals surface area (Å²) < 4.78 is 10.5. The Morgan fingerprint density at radius 1 is 1.27 bits per heavy atom. The van der Waals surface area contributed by atoms with Crippen LogP contribution in [0.25, 0.3) is 0 Å². The summed E-state index contributed by atoms with van der Waals surface area (Å²) >= 11 is 0. The van der Waals surface area contributed by atoms with Crippen LogP contribution < -0.4 is 20.5 Å². The molecule has 3 N–H and O–H groups in total. The van der Waals surface area contributed by atoms with Gasteiger partial charge in [-0.05, 0) is 37.0 Å². The average Bonchev–Trinajstić information content (AvgIpc) is 2.93. The average molecular weight is 329 g/mol. The molecule has 0 bridgehead atoms. The maximum absolute atomic E-state index is 12.0. The normalized spacial score (nSPS) is 20.1. The topological polar surface area (TPSA) is 73.6 Å². The van der Waals surface area contributed by atoms with Gasteiger partial charge in [0.25, 0.3) is 0 Å². The molecular formula is C16H25ClN2O3. The van der Waals surface area contributed by atoms with Gasteiger partial charge in [0, 0.05) is 12.6 Å². The molecule has 1 aliphatic rings. The minimum Gasteiger partial charge on any atom is -0.493 e. The van der Waals surface area contributed by atoms with E-state index in [0.29, 0.717) is 18.0 Å². The minimum absolute atomic E-state index is 0. The first kappa shape index (κ1) is 18.6. The van der Waals surface area contributed by atoms with Crippen LogP contribution >= 0.6 is 12.4 Å². The molecule has 1 fully saturated rings. The smallest absolute Gasteiger partial charge is 0.224 e. The first-order valence-electron chi connectivity index (χ1n) is 7.40. The van der Waals surface area contributed by atoms with E-state index in [4.69, 9.17) is 15.2 Å². The zero-order valence-electron chi connectivity index (χ0n) is 13.1. The van der Waals surface area contributed by atoms with Gasteiger partial charge in [0.1, 0.15) is 0 Å². The molecule has 1 amide bonds. The van der Waals surface area contributed by atoms with Gasteiger partial charge in [0.2, 0.25) is 5.91 Å². The number of halogens is 1. The minimum atomic E-state index is -0.0181. The predicted octanol–water partition coefficient (Wildman–Crippen LogP) is 1.91. The van der Waals surface area contributed by atoms with Gasteiger partial charge in [-0.25, -0.2) is 0 Å². The van der Waals surface area contributed by atoms with Crippen LogP contribution in [0.3, 0.4) is 0 Å². The SMILES string of the molecule is COc1ccc(CCNC(=O)C2CCCC2N)cc1OC.Cl. The molecule has 0 radical (unpaired) electrons. The molecule has 2 unspecified atom stereocenters. The first-order valence-corrected chi connectivity index (χ1v) is 7.40. The third-order valence-electron chi connectivity index (χ3n) is 4.07. The number of nitrogens with one attached hydrogen (secondary N) is 1. The second kappa shape index (κ2) is 8.86. The van der Waals surface area contributed by atoms with Gasteiger partial charge in [-0.1, -0.05) is 12.5 Å². The van der Waals surface area contributed by atoms with E-state index in [-0.39, 0.29) is 30.3 Å². The summed E-state index contributed by atoms with van der Waals surface area (Å²) in [5.74, 6) is 1.48. The van der Waals surface area contributed by atoms with Gasteiger partial charge >= 0.3 is 0 Å². The highest BCUT2D eigenvalue weighted by molar-refractivity contribution is 5.85. The van der Waals surface area contributed by atoms with E-state index < -0.39 is 0 Å². The van der Waals surface area contributed by atoms with Crippen LogP contribution in [-0.4, -0.2) is 32.7 Å². The zero-order valence-corrected chi connectivity index (χ0v) is 13.9. The first-order chi connectivity index (χ1) is 10.2. The van der Waals surface area contributed by atoms with Gasteiger partial charge in [-0.3, -0.25) is 4.79 Å². The Balaban J connectivity index is 0.00000242. The predicted molar refractivity (Wildman–Crippen MR) is 88.8 cm³/mol. The third-order valence-corrected chi connectivity index (χ3v) is 4.07. The lowest BCUT2D eigenvalue weighted by Crippen LogP contribution is -2.39. The van der Waals surface area contributed by atoms with E-state index in [1.54, 1.807) is 14.2 Å². The Labute approximate surface area is 138 Å². The fraction of sp³-hybridized carbons (Fsp3) is 0.562. The van der Waals surface area contributed by atoms with Crippen LogP contribution in [0.2, 0.25) is 0 Å². The monoisotopic (exact) mass is 328 g/mol. The standard InChI is InChI=1S/C16H24N2O3.ClH/c1-20-14-7-6-11(10-15(14)21-2)8-9-18-16(19)12-4-3-5-13(12)17;/h6-7,10,12-13H,3-5,8-9,17H2,1-2H3,(H,18,19);1H. The van der Waals surface area contributed by atoms with Crippen molar-refractivity contribution >= 4 is 18.3 Å². The number of hydrogen-bond acceptors (Lipinski definition) is 4. The summed E-state index contributed by atoms with van der Waals surface area (Å²) in [6, 6.07) is 5.82. The van der Waals surface area contributed by atoms with Crippen molar-refractivity contribution in [3.8, 4) is 11.5 Å². The van der Waals surface area contributed by atoms with Crippen LogP contribution in [0.5, 0.6) is 11.5 Å². The number of ether oxygens (including phenoxy) is 2. The van der Waals surface area contributed by atoms with Crippen molar-refractivity contribution in [1.29, 1.82) is 0 Å². The van der Waals surface area contributed by atoms with Crippen molar-refractivity contribution in [2.75, 3.05) is 20.8 Å². The Hall–Kier alpha value is -1.46. The second-order valence-corrected chi connectivity index (χ2v) is 5.43. The molecule has 0 aromatic heterocycles. The Morgan fingerprint density at radius 3 is 2.59 bits per heavy atom. The van der Waals surface area contributed by atoms with Crippen LogP contribution in [0.4, 0.5) is 0 Å². The molecule has 0 heterocycles. The highest BCUT2D eigenvalue weighted by Gasteiger charge is 2.29. The van der Waals surface area contributed by atoms with Crippen molar-refractivity contribution in [3.63, 3.8) is 0 Å². The number of rotatable bonds is 6. The third kappa shape index (κ3) is 4.52. The molecule has 0 aliphatic heterocycles. The summed E-state index contributed by atoms with van der Waals surface area (Å²) in [6.07, 6.45) is 3.67. The van der Waals surface area contributed by atoms with Crippen molar-refractivity contribution in [2.24, 2.45) is 11.7 Å². The van der Waals surface area contributed by atoms with Gasteiger partial charge in [-0.15, -0.1) is 12.4 Å². The van der Waals surface area contributed by atoms with E-state index in [2.05, 4.69) is 5.32 Å². The summed E-state index contributed by atoms with van der Waals surface area (Å²) in [5, 5.41) is 2.98. The molecule has 2 atom stereocenters. The van der Waals surface area contributed by atoms with Crippen LogP contribution in [0, 0.1) is 5.92 Å². The van der Waals surface area contributed by atoms with Crippen LogP contribution in [0.15, 0.2) is 18.2 Å². The van der Waals surface area contributed by atoms with Gasteiger partial charge < -0.3 is 20.5 Å². The number of hydrogen-bond donors (Lipinski definition) is 2. The molecule has 0 saturated heterocycles. The second-order valence-electron chi connectivity index (χ2n) is 5.43. The quantitative estimate of drug-likeness (QED) is 0.836. The molecule has 5 nitrogen and oxygen atoms in total. The van der Waals surface area contributed by atoms with Gasteiger partial charge in [0.15, 0.2) is 11.5 Å². The molecule has 1 aromatic rings. The van der Waals surface area contributed by atoms with Crippen LogP contribution in [0.1, 0.15) is 24.8 Å². The van der Waals surface area contributed by atoms with E-state index in [1.807, 2.05) is 18.2 Å². The Kier molecular flexibility index (Phi) is 7.48. The highest BCUT2D eigenvalue weighted by atomic mass is 35.5.